The van der Waals surface area contributed by atoms with Gasteiger partial charge in [-0.15, -0.1) is 0 Å². The number of ether oxygens (including phenoxy) is 2. The van der Waals surface area contributed by atoms with E-state index in [0.717, 1.165) is 22.9 Å². The summed E-state index contributed by atoms with van der Waals surface area (Å²) in [5.41, 5.74) is 0.721. The average Bonchev–Trinajstić information content (AvgIpc) is 2.58. The molecular weight excluding hydrogens is 374 g/mol. The van der Waals surface area contributed by atoms with Crippen LogP contribution in [0.4, 0.5) is 0 Å². The third kappa shape index (κ3) is 5.60. The minimum atomic E-state index is -0.773. The van der Waals surface area contributed by atoms with Crippen molar-refractivity contribution in [1.29, 1.82) is 0 Å². The van der Waals surface area contributed by atoms with Crippen LogP contribution < -0.4 is 0 Å². The van der Waals surface area contributed by atoms with Crippen LogP contribution in [0.5, 0.6) is 0 Å². The maximum Gasteiger partial charge on any atom is 0.333 e. The summed E-state index contributed by atoms with van der Waals surface area (Å²) in [4.78, 5) is 26.9. The lowest BCUT2D eigenvalue weighted by molar-refractivity contribution is -0.155. The number of carbonyl (C=O) groups is 2. The van der Waals surface area contributed by atoms with E-state index in [1.165, 1.54) is 7.11 Å². The molecule has 134 valence electrons. The zero-order valence-electron chi connectivity index (χ0n) is 14.8. The lowest BCUT2D eigenvalue weighted by Crippen LogP contribution is -2.43. The van der Waals surface area contributed by atoms with Gasteiger partial charge in [-0.1, -0.05) is 48.3 Å². The molecule has 0 N–H and O–H groups in total. The van der Waals surface area contributed by atoms with Crippen LogP contribution in [0, 0.1) is 5.92 Å². The molecule has 0 bridgehead atoms. The molecule has 0 saturated heterocycles. The van der Waals surface area contributed by atoms with Crippen LogP contribution in [0.2, 0.25) is 0 Å². The van der Waals surface area contributed by atoms with Crippen molar-refractivity contribution in [2.75, 3.05) is 27.4 Å². The Morgan fingerprint density at radius 1 is 1.21 bits per heavy atom. The Hall–Kier alpha value is -1.40. The topological polar surface area (TPSA) is 55.8 Å². The molecule has 0 unspecified atom stereocenters. The summed E-state index contributed by atoms with van der Waals surface area (Å²) in [5.74, 6) is -0.674. The van der Waals surface area contributed by atoms with Crippen molar-refractivity contribution in [3.63, 3.8) is 0 Å². The summed E-state index contributed by atoms with van der Waals surface area (Å²) >= 11 is 3.38. The molecule has 0 aliphatic heterocycles. The number of methoxy groups -OCH3 is 2. The summed E-state index contributed by atoms with van der Waals surface area (Å²) in [7, 11) is 2.91. The lowest BCUT2D eigenvalue weighted by Gasteiger charge is -2.32. The summed E-state index contributed by atoms with van der Waals surface area (Å²) in [6.07, 6.45) is 1.68. The predicted molar refractivity (Wildman–Crippen MR) is 96.6 cm³/mol. The quantitative estimate of drug-likeness (QED) is 0.595. The van der Waals surface area contributed by atoms with Crippen LogP contribution in [-0.2, 0) is 19.1 Å². The van der Waals surface area contributed by atoms with Crippen molar-refractivity contribution in [1.82, 2.24) is 4.90 Å². The minimum absolute atomic E-state index is 0.0628. The van der Waals surface area contributed by atoms with Gasteiger partial charge < -0.3 is 14.4 Å². The standard InChI is InChI=1S/C18H26BrNO4/c1-5-6-13(2)17(21)20(11-12-23-3)16(18(22)24-4)14-7-9-15(19)10-8-14/h7-10,13,16H,5-6,11-12H2,1-4H3/t13-,16+/m1/s1. The fourth-order valence-electron chi connectivity index (χ4n) is 2.60. The van der Waals surface area contributed by atoms with Gasteiger partial charge in [0.2, 0.25) is 5.91 Å². The van der Waals surface area contributed by atoms with Gasteiger partial charge in [0.15, 0.2) is 6.04 Å². The van der Waals surface area contributed by atoms with Crippen LogP contribution in [0.3, 0.4) is 0 Å². The van der Waals surface area contributed by atoms with Gasteiger partial charge in [0, 0.05) is 24.0 Å². The number of hydrogen-bond acceptors (Lipinski definition) is 4. The second-order valence-corrected chi connectivity index (χ2v) is 6.61. The Morgan fingerprint density at radius 3 is 2.33 bits per heavy atom. The van der Waals surface area contributed by atoms with Crippen molar-refractivity contribution >= 4 is 27.8 Å². The normalized spacial score (nSPS) is 13.2. The molecular formula is C18H26BrNO4. The number of halogens is 1. The summed E-state index contributed by atoms with van der Waals surface area (Å²) < 4.78 is 11.0. The van der Waals surface area contributed by atoms with Gasteiger partial charge in [0.25, 0.3) is 0 Å². The molecule has 0 aromatic heterocycles. The molecule has 0 radical (unpaired) electrons. The molecule has 0 spiro atoms. The zero-order valence-corrected chi connectivity index (χ0v) is 16.3. The molecule has 0 fully saturated rings. The van der Waals surface area contributed by atoms with Crippen molar-refractivity contribution in [3.8, 4) is 0 Å². The van der Waals surface area contributed by atoms with Crippen molar-refractivity contribution < 1.29 is 19.1 Å². The maximum atomic E-state index is 12.9. The Balaban J connectivity index is 3.21. The van der Waals surface area contributed by atoms with E-state index in [-0.39, 0.29) is 11.8 Å². The van der Waals surface area contributed by atoms with Crippen molar-refractivity contribution in [2.45, 2.75) is 32.7 Å². The molecule has 0 aliphatic rings. The first-order chi connectivity index (χ1) is 11.5. The summed E-state index contributed by atoms with van der Waals surface area (Å²) in [6, 6.07) is 6.57. The van der Waals surface area contributed by atoms with Crippen LogP contribution in [0.25, 0.3) is 0 Å². The third-order valence-electron chi connectivity index (χ3n) is 3.88. The molecule has 5 nitrogen and oxygen atoms in total. The van der Waals surface area contributed by atoms with E-state index < -0.39 is 12.0 Å². The minimum Gasteiger partial charge on any atom is -0.467 e. The number of hydrogen-bond donors (Lipinski definition) is 0. The van der Waals surface area contributed by atoms with Crippen LogP contribution in [0.15, 0.2) is 28.7 Å². The fourth-order valence-corrected chi connectivity index (χ4v) is 2.86. The molecule has 1 aromatic carbocycles. The molecule has 0 aliphatic carbocycles. The fraction of sp³-hybridized carbons (Fsp3) is 0.556. The highest BCUT2D eigenvalue weighted by atomic mass is 79.9. The van der Waals surface area contributed by atoms with Gasteiger partial charge in [-0.2, -0.15) is 0 Å². The number of esters is 1. The SMILES string of the molecule is CCC[C@@H](C)C(=O)N(CCOC)[C@H](C(=O)OC)c1ccc(Br)cc1. The molecule has 24 heavy (non-hydrogen) atoms. The van der Waals surface area contributed by atoms with Gasteiger partial charge in [-0.05, 0) is 24.1 Å². The Bertz CT molecular complexity index is 532. The Morgan fingerprint density at radius 2 is 1.83 bits per heavy atom. The average molecular weight is 400 g/mol. The molecule has 1 rings (SSSR count). The van der Waals surface area contributed by atoms with E-state index in [2.05, 4.69) is 15.9 Å². The molecule has 0 heterocycles. The monoisotopic (exact) mass is 399 g/mol. The van der Waals surface area contributed by atoms with Gasteiger partial charge in [0.1, 0.15) is 0 Å². The summed E-state index contributed by atoms with van der Waals surface area (Å²) in [6.45, 7) is 4.62. The Labute approximate surface area is 152 Å². The van der Waals surface area contributed by atoms with Crippen molar-refractivity contribution in [2.24, 2.45) is 5.92 Å². The second kappa shape index (κ2) is 10.5. The maximum absolute atomic E-state index is 12.9. The Kier molecular flexibility index (Phi) is 9.00. The molecule has 2 atom stereocenters. The largest absolute Gasteiger partial charge is 0.467 e. The van der Waals surface area contributed by atoms with E-state index in [9.17, 15) is 9.59 Å². The number of rotatable bonds is 9. The number of carbonyl (C=O) groups excluding carboxylic acids is 2. The first kappa shape index (κ1) is 20.6. The molecule has 1 aromatic rings. The van der Waals surface area contributed by atoms with E-state index >= 15 is 0 Å². The highest BCUT2D eigenvalue weighted by Gasteiger charge is 2.33. The zero-order chi connectivity index (χ0) is 18.1. The smallest absolute Gasteiger partial charge is 0.333 e. The van der Waals surface area contributed by atoms with E-state index in [4.69, 9.17) is 9.47 Å². The van der Waals surface area contributed by atoms with Gasteiger partial charge >= 0.3 is 5.97 Å². The highest BCUT2D eigenvalue weighted by Crippen LogP contribution is 2.26. The third-order valence-corrected chi connectivity index (χ3v) is 4.41. The molecule has 1 amide bonds. The number of amides is 1. The van der Waals surface area contributed by atoms with Gasteiger partial charge in [-0.25, -0.2) is 4.79 Å². The van der Waals surface area contributed by atoms with Crippen LogP contribution >= 0.6 is 15.9 Å². The first-order valence-corrected chi connectivity index (χ1v) is 8.88. The van der Waals surface area contributed by atoms with Crippen LogP contribution in [-0.4, -0.2) is 44.1 Å². The molecule has 6 heteroatoms. The highest BCUT2D eigenvalue weighted by molar-refractivity contribution is 9.10. The lowest BCUT2D eigenvalue weighted by atomic mass is 10.00. The van der Waals surface area contributed by atoms with E-state index in [0.29, 0.717) is 13.2 Å². The van der Waals surface area contributed by atoms with Crippen molar-refractivity contribution in [3.05, 3.63) is 34.3 Å². The number of nitrogens with zero attached hydrogens (tertiary/aromatic N) is 1. The molecule has 0 saturated carbocycles. The van der Waals surface area contributed by atoms with Gasteiger partial charge in [0.05, 0.1) is 13.7 Å². The first-order valence-electron chi connectivity index (χ1n) is 8.08. The van der Waals surface area contributed by atoms with Crippen LogP contribution in [0.1, 0.15) is 38.3 Å². The second-order valence-electron chi connectivity index (χ2n) is 5.69. The summed E-state index contributed by atoms with van der Waals surface area (Å²) in [5, 5.41) is 0. The van der Waals surface area contributed by atoms with Gasteiger partial charge in [-0.3, -0.25) is 4.79 Å². The van der Waals surface area contributed by atoms with E-state index in [1.54, 1.807) is 12.0 Å². The predicted octanol–water partition coefficient (Wildman–Crippen LogP) is 3.57. The number of benzene rings is 1. The van der Waals surface area contributed by atoms with E-state index in [1.807, 2.05) is 38.1 Å².